The molecule has 0 unspecified atom stereocenters. The second-order valence-corrected chi connectivity index (χ2v) is 5.58. The summed E-state index contributed by atoms with van der Waals surface area (Å²) in [6.07, 6.45) is 10.7. The Labute approximate surface area is 149 Å². The van der Waals surface area contributed by atoms with Crippen molar-refractivity contribution in [2.45, 2.75) is 19.5 Å². The Morgan fingerprint density at radius 1 is 1.15 bits per heavy atom. The van der Waals surface area contributed by atoms with E-state index in [1.165, 1.54) is 6.33 Å². The van der Waals surface area contributed by atoms with Crippen LogP contribution >= 0.6 is 0 Å². The van der Waals surface area contributed by atoms with Gasteiger partial charge in [0.1, 0.15) is 24.3 Å². The molecule has 0 amide bonds. The maximum atomic E-state index is 8.73. The molecule has 0 saturated heterocycles. The molecule has 4 aromatic rings. The van der Waals surface area contributed by atoms with Crippen molar-refractivity contribution in [1.82, 2.24) is 34.3 Å². The van der Waals surface area contributed by atoms with Crippen molar-refractivity contribution in [1.29, 1.82) is 5.26 Å². The number of nitrogens with one attached hydrogen (secondary N) is 1. The topological polar surface area (TPSA) is 110 Å². The lowest BCUT2D eigenvalue weighted by Crippen LogP contribution is -2.05. The van der Waals surface area contributed by atoms with E-state index in [4.69, 9.17) is 5.26 Å². The van der Waals surface area contributed by atoms with Crippen molar-refractivity contribution < 1.29 is 0 Å². The highest BCUT2D eigenvalue weighted by Crippen LogP contribution is 2.19. The average molecular weight is 345 g/mol. The van der Waals surface area contributed by atoms with E-state index in [2.05, 4.69) is 36.4 Å². The van der Waals surface area contributed by atoms with E-state index in [0.29, 0.717) is 31.0 Å². The molecule has 0 atom stereocenters. The van der Waals surface area contributed by atoms with Crippen LogP contribution in [0.25, 0.3) is 16.9 Å². The van der Waals surface area contributed by atoms with E-state index in [-0.39, 0.29) is 0 Å². The lowest BCUT2D eigenvalue weighted by atomic mass is 10.2. The molecule has 0 aliphatic heterocycles. The number of nitrogens with zero attached hydrogens (tertiary/aromatic N) is 8. The van der Waals surface area contributed by atoms with Gasteiger partial charge in [-0.25, -0.2) is 24.6 Å². The standard InChI is InChI=1S/C17H15N9/c18-4-1-6-26-17-14(10-24-26)16(22-11-23-17)21-9-13-2-3-15(20-8-13)25-7-5-19-12-25/h2-3,5,7-8,10-12H,1,6,9H2,(H,21,22,23). The molecule has 0 bridgehead atoms. The summed E-state index contributed by atoms with van der Waals surface area (Å²) in [7, 11) is 0. The summed E-state index contributed by atoms with van der Waals surface area (Å²) in [5, 5.41) is 17.2. The minimum atomic E-state index is 0.387. The van der Waals surface area contributed by atoms with Gasteiger partial charge in [-0.1, -0.05) is 6.07 Å². The smallest absolute Gasteiger partial charge is 0.163 e. The van der Waals surface area contributed by atoms with Crippen LogP contribution in [-0.2, 0) is 13.1 Å². The normalized spacial score (nSPS) is 10.7. The summed E-state index contributed by atoms with van der Waals surface area (Å²) in [6.45, 7) is 1.09. The third-order valence-electron chi connectivity index (χ3n) is 3.91. The van der Waals surface area contributed by atoms with Crippen LogP contribution in [0, 0.1) is 11.3 Å². The van der Waals surface area contributed by atoms with Crippen LogP contribution in [0.3, 0.4) is 0 Å². The van der Waals surface area contributed by atoms with Crippen molar-refractivity contribution in [3.63, 3.8) is 0 Å². The van der Waals surface area contributed by atoms with Crippen LogP contribution in [-0.4, -0.2) is 34.3 Å². The molecule has 0 aliphatic carbocycles. The second-order valence-electron chi connectivity index (χ2n) is 5.58. The van der Waals surface area contributed by atoms with Crippen molar-refractivity contribution >= 4 is 16.9 Å². The second kappa shape index (κ2) is 6.98. The molecule has 9 heteroatoms. The molecule has 26 heavy (non-hydrogen) atoms. The van der Waals surface area contributed by atoms with Gasteiger partial charge in [0.2, 0.25) is 0 Å². The quantitative estimate of drug-likeness (QED) is 0.568. The Morgan fingerprint density at radius 3 is 2.88 bits per heavy atom. The van der Waals surface area contributed by atoms with Crippen molar-refractivity contribution in [2.24, 2.45) is 0 Å². The zero-order valence-corrected chi connectivity index (χ0v) is 13.8. The molecule has 0 aliphatic rings. The molecule has 4 heterocycles. The van der Waals surface area contributed by atoms with Crippen LogP contribution in [0.15, 0.2) is 49.6 Å². The van der Waals surface area contributed by atoms with E-state index < -0.39 is 0 Å². The fourth-order valence-electron chi connectivity index (χ4n) is 2.61. The lowest BCUT2D eigenvalue weighted by molar-refractivity contribution is 0.643. The summed E-state index contributed by atoms with van der Waals surface area (Å²) in [6, 6.07) is 6.06. The van der Waals surface area contributed by atoms with Gasteiger partial charge in [-0.15, -0.1) is 0 Å². The van der Waals surface area contributed by atoms with Crippen molar-refractivity contribution in [3.05, 3.63) is 55.1 Å². The number of rotatable bonds is 6. The first-order valence-electron chi connectivity index (χ1n) is 8.06. The summed E-state index contributed by atoms with van der Waals surface area (Å²) < 4.78 is 3.56. The fraction of sp³-hybridized carbons (Fsp3) is 0.176. The molecule has 128 valence electrons. The number of imidazole rings is 1. The van der Waals surface area contributed by atoms with Gasteiger partial charge in [-0.05, 0) is 11.6 Å². The van der Waals surface area contributed by atoms with E-state index in [1.54, 1.807) is 23.4 Å². The summed E-state index contributed by atoms with van der Waals surface area (Å²) in [5.41, 5.74) is 1.74. The van der Waals surface area contributed by atoms with Crippen LogP contribution in [0.5, 0.6) is 0 Å². The number of pyridine rings is 1. The van der Waals surface area contributed by atoms with Crippen LogP contribution in [0.2, 0.25) is 0 Å². The first-order chi connectivity index (χ1) is 12.8. The maximum Gasteiger partial charge on any atom is 0.163 e. The van der Waals surface area contributed by atoms with Gasteiger partial charge >= 0.3 is 0 Å². The molecule has 0 saturated carbocycles. The van der Waals surface area contributed by atoms with Gasteiger partial charge in [0.25, 0.3) is 0 Å². The number of hydrogen-bond donors (Lipinski definition) is 1. The Bertz CT molecular complexity index is 1040. The first-order valence-corrected chi connectivity index (χ1v) is 8.06. The number of hydrogen-bond acceptors (Lipinski definition) is 7. The predicted octanol–water partition coefficient (Wildman–Crippen LogP) is 1.93. The SMILES string of the molecule is N#CCCn1ncc2c(NCc3ccc(-n4ccnc4)nc3)ncnc21. The minimum absolute atomic E-state index is 0.387. The zero-order valence-electron chi connectivity index (χ0n) is 13.8. The third-order valence-corrected chi connectivity index (χ3v) is 3.91. The molecule has 0 spiro atoms. The monoisotopic (exact) mass is 345 g/mol. The zero-order chi connectivity index (χ0) is 17.8. The molecule has 1 N–H and O–H groups in total. The molecule has 0 aromatic carbocycles. The largest absolute Gasteiger partial charge is 0.365 e. The Kier molecular flexibility index (Phi) is 4.22. The van der Waals surface area contributed by atoms with E-state index in [9.17, 15) is 0 Å². The molecular formula is C17H15N9. The summed E-state index contributed by atoms with van der Waals surface area (Å²) in [4.78, 5) is 17.0. The maximum absolute atomic E-state index is 8.73. The van der Waals surface area contributed by atoms with Crippen LogP contribution in [0.1, 0.15) is 12.0 Å². The van der Waals surface area contributed by atoms with E-state index >= 15 is 0 Å². The lowest BCUT2D eigenvalue weighted by Gasteiger charge is -2.07. The van der Waals surface area contributed by atoms with Gasteiger partial charge in [0.05, 0.1) is 30.6 Å². The highest BCUT2D eigenvalue weighted by atomic mass is 15.3. The van der Waals surface area contributed by atoms with Gasteiger partial charge in [-0.2, -0.15) is 10.4 Å². The van der Waals surface area contributed by atoms with E-state index in [0.717, 1.165) is 16.8 Å². The van der Waals surface area contributed by atoms with Gasteiger partial charge < -0.3 is 5.32 Å². The Morgan fingerprint density at radius 2 is 2.12 bits per heavy atom. The molecule has 0 radical (unpaired) electrons. The van der Waals surface area contributed by atoms with E-state index in [1.807, 2.05) is 29.1 Å². The minimum Gasteiger partial charge on any atom is -0.365 e. The average Bonchev–Trinajstić information content (AvgIpc) is 3.35. The van der Waals surface area contributed by atoms with Crippen molar-refractivity contribution in [3.8, 4) is 11.9 Å². The molecule has 0 fully saturated rings. The van der Waals surface area contributed by atoms with Crippen molar-refractivity contribution in [2.75, 3.05) is 5.32 Å². The molecule has 4 rings (SSSR count). The van der Waals surface area contributed by atoms with Gasteiger partial charge in [0, 0.05) is 25.1 Å². The predicted molar refractivity (Wildman–Crippen MR) is 94.2 cm³/mol. The van der Waals surface area contributed by atoms with Gasteiger partial charge in [-0.3, -0.25) is 4.57 Å². The molecular weight excluding hydrogens is 330 g/mol. The summed E-state index contributed by atoms with van der Waals surface area (Å²) >= 11 is 0. The summed E-state index contributed by atoms with van der Waals surface area (Å²) in [5.74, 6) is 1.52. The number of aryl methyl sites for hydroxylation is 1. The molecule has 4 aromatic heterocycles. The first kappa shape index (κ1) is 15.7. The van der Waals surface area contributed by atoms with Gasteiger partial charge in [0.15, 0.2) is 5.65 Å². The number of aromatic nitrogens is 7. The van der Waals surface area contributed by atoms with Crippen LogP contribution < -0.4 is 5.32 Å². The Balaban J connectivity index is 1.49. The highest BCUT2D eigenvalue weighted by molar-refractivity contribution is 5.86. The number of nitriles is 1. The molecule has 9 nitrogen and oxygen atoms in total. The highest BCUT2D eigenvalue weighted by Gasteiger charge is 2.09. The third kappa shape index (κ3) is 3.08. The Hall–Kier alpha value is -3.80. The number of anilines is 1. The van der Waals surface area contributed by atoms with Crippen LogP contribution in [0.4, 0.5) is 5.82 Å². The fourth-order valence-corrected chi connectivity index (χ4v) is 2.61. The number of fused-ring (bicyclic) bond motifs is 1.